The van der Waals surface area contributed by atoms with Gasteiger partial charge in [0.15, 0.2) is 0 Å². The predicted octanol–water partition coefficient (Wildman–Crippen LogP) is 3.82. The number of hydrogen-bond donors (Lipinski definition) is 0. The van der Waals surface area contributed by atoms with Gasteiger partial charge >= 0.3 is 8.80 Å². The number of nitrogens with zero attached hydrogens (tertiary/aromatic N) is 2. The minimum Gasteiger partial charge on any atom is -0.377 e. The van der Waals surface area contributed by atoms with Gasteiger partial charge < -0.3 is 22.2 Å². The number of piperidine rings is 1. The summed E-state index contributed by atoms with van der Waals surface area (Å²) in [4.78, 5) is 0. The fourth-order valence-electron chi connectivity index (χ4n) is 6.27. The molecule has 2 aliphatic heterocycles. The van der Waals surface area contributed by atoms with Gasteiger partial charge in [-0.1, -0.05) is 6.92 Å². The van der Waals surface area contributed by atoms with E-state index < -0.39 is 8.80 Å². The molecule has 0 radical (unpaired) electrons. The van der Waals surface area contributed by atoms with Crippen LogP contribution in [0, 0.1) is 23.7 Å². The standard InChI is InChI=1S/C23H50N2O3SSi/c1-9-20-13-21(16-24(2,3)15-20)14-22-17-25(4,5)18-23(22)19-29-11-10-12-30(26-6,27-7)28-8/h20-23H,9-19H2,1-8H3/q+2. The molecule has 0 amide bonds. The summed E-state index contributed by atoms with van der Waals surface area (Å²) in [5, 5.41) is 0. The number of rotatable bonds is 12. The van der Waals surface area contributed by atoms with Gasteiger partial charge in [-0.3, -0.25) is 0 Å². The molecule has 30 heavy (non-hydrogen) atoms. The monoisotopic (exact) mass is 462 g/mol. The highest BCUT2D eigenvalue weighted by Gasteiger charge is 2.43. The lowest BCUT2D eigenvalue weighted by Gasteiger charge is -2.42. The molecule has 0 aromatic heterocycles. The fourth-order valence-corrected chi connectivity index (χ4v) is 9.44. The lowest BCUT2D eigenvalue weighted by molar-refractivity contribution is -0.903. The van der Waals surface area contributed by atoms with E-state index in [9.17, 15) is 0 Å². The normalized spacial score (nSPS) is 31.2. The van der Waals surface area contributed by atoms with Gasteiger partial charge in [0.1, 0.15) is 0 Å². The number of hydrogen-bond acceptors (Lipinski definition) is 4. The third-order valence-corrected chi connectivity index (χ3v) is 11.6. The van der Waals surface area contributed by atoms with Crippen molar-refractivity contribution in [2.45, 2.75) is 38.7 Å². The second kappa shape index (κ2) is 11.5. The summed E-state index contributed by atoms with van der Waals surface area (Å²) in [7, 11) is 12.5. The highest BCUT2D eigenvalue weighted by molar-refractivity contribution is 7.99. The maximum absolute atomic E-state index is 5.56. The van der Waals surface area contributed by atoms with E-state index in [1.807, 2.05) is 0 Å². The van der Waals surface area contributed by atoms with Crippen molar-refractivity contribution in [3.05, 3.63) is 0 Å². The Morgan fingerprint density at radius 3 is 2.00 bits per heavy atom. The summed E-state index contributed by atoms with van der Waals surface area (Å²) in [6.07, 6.45) is 5.35. The van der Waals surface area contributed by atoms with Crippen molar-refractivity contribution in [2.24, 2.45) is 23.7 Å². The van der Waals surface area contributed by atoms with Crippen LogP contribution in [0.25, 0.3) is 0 Å². The first-order chi connectivity index (χ1) is 14.1. The van der Waals surface area contributed by atoms with Gasteiger partial charge in [-0.15, -0.1) is 0 Å². The zero-order valence-electron chi connectivity index (χ0n) is 21.1. The van der Waals surface area contributed by atoms with Crippen molar-refractivity contribution in [2.75, 3.05) is 87.2 Å². The Bertz CT molecular complexity index is 508. The second-order valence-corrected chi connectivity index (χ2v) is 15.4. The molecule has 0 saturated carbocycles. The summed E-state index contributed by atoms with van der Waals surface area (Å²) in [5.74, 6) is 6.05. The molecule has 2 heterocycles. The second-order valence-electron chi connectivity index (χ2n) is 11.2. The molecular formula is C23H50N2O3SSi+2. The molecular weight excluding hydrogens is 412 g/mol. The van der Waals surface area contributed by atoms with Crippen LogP contribution in [-0.4, -0.2) is 105 Å². The molecule has 2 saturated heterocycles. The molecule has 0 aromatic carbocycles. The average Bonchev–Trinajstić information content (AvgIpc) is 2.97. The molecule has 0 aliphatic carbocycles. The third-order valence-electron chi connectivity index (χ3n) is 7.55. The van der Waals surface area contributed by atoms with Gasteiger partial charge in [-0.2, -0.15) is 11.8 Å². The summed E-state index contributed by atoms with van der Waals surface area (Å²) in [6.45, 7) is 7.83. The lowest BCUT2D eigenvalue weighted by atomic mass is 9.79. The zero-order valence-corrected chi connectivity index (χ0v) is 22.9. The molecule has 4 atom stereocenters. The minimum atomic E-state index is -2.41. The molecule has 0 spiro atoms. The summed E-state index contributed by atoms with van der Waals surface area (Å²) in [5.41, 5.74) is 0. The predicted molar refractivity (Wildman–Crippen MR) is 131 cm³/mol. The number of likely N-dealkylation sites (tertiary alicyclic amines) is 2. The summed E-state index contributed by atoms with van der Waals surface area (Å²) in [6, 6.07) is 0.909. The smallest absolute Gasteiger partial charge is 0.377 e. The van der Waals surface area contributed by atoms with Crippen LogP contribution < -0.4 is 0 Å². The highest BCUT2D eigenvalue weighted by Crippen LogP contribution is 2.38. The van der Waals surface area contributed by atoms with E-state index in [4.69, 9.17) is 13.3 Å². The molecule has 178 valence electrons. The van der Waals surface area contributed by atoms with Crippen LogP contribution in [0.2, 0.25) is 6.04 Å². The van der Waals surface area contributed by atoms with Crippen LogP contribution in [0.3, 0.4) is 0 Å². The van der Waals surface area contributed by atoms with Gasteiger partial charge in [-0.05, 0) is 31.4 Å². The molecule has 0 N–H and O–H groups in total. The van der Waals surface area contributed by atoms with Gasteiger partial charge in [0.05, 0.1) is 54.4 Å². The maximum atomic E-state index is 5.56. The highest BCUT2D eigenvalue weighted by atomic mass is 32.2. The molecule has 2 aliphatic rings. The van der Waals surface area contributed by atoms with Crippen LogP contribution in [0.1, 0.15) is 32.6 Å². The van der Waals surface area contributed by atoms with Crippen molar-refractivity contribution in [3.8, 4) is 0 Å². The van der Waals surface area contributed by atoms with Crippen LogP contribution in [0.4, 0.5) is 0 Å². The summed E-state index contributed by atoms with van der Waals surface area (Å²) >= 11 is 2.14. The zero-order chi connectivity index (χ0) is 22.4. The Kier molecular flexibility index (Phi) is 10.2. The largest absolute Gasteiger partial charge is 0.500 e. The Morgan fingerprint density at radius 2 is 1.40 bits per heavy atom. The summed E-state index contributed by atoms with van der Waals surface area (Å²) < 4.78 is 19.1. The van der Waals surface area contributed by atoms with Crippen LogP contribution in [-0.2, 0) is 13.3 Å². The minimum absolute atomic E-state index is 0.858. The van der Waals surface area contributed by atoms with Crippen molar-refractivity contribution in [1.82, 2.24) is 0 Å². The van der Waals surface area contributed by atoms with E-state index in [1.54, 1.807) is 21.3 Å². The molecule has 5 nitrogen and oxygen atoms in total. The Balaban J connectivity index is 1.84. The van der Waals surface area contributed by atoms with Gasteiger partial charge in [-0.25, -0.2) is 0 Å². The number of thioether (sulfide) groups is 1. The topological polar surface area (TPSA) is 27.7 Å². The van der Waals surface area contributed by atoms with Crippen LogP contribution >= 0.6 is 11.8 Å². The maximum Gasteiger partial charge on any atom is 0.500 e. The van der Waals surface area contributed by atoms with Gasteiger partial charge in [0, 0.05) is 56.8 Å². The SMILES string of the molecule is CCC1CC(CC2C[N+](C)(C)CC2CSCCC[Si](OC)(OC)OC)C[N+](C)(C)C1. The average molecular weight is 463 g/mol. The Hall–Kier alpha value is 0.367. The van der Waals surface area contributed by atoms with Crippen LogP contribution in [0.5, 0.6) is 0 Å². The first-order valence-electron chi connectivity index (χ1n) is 11.9. The lowest BCUT2D eigenvalue weighted by Crippen LogP contribution is -2.51. The molecule has 0 bridgehead atoms. The van der Waals surface area contributed by atoms with Crippen molar-refractivity contribution < 1.29 is 22.2 Å². The van der Waals surface area contributed by atoms with Crippen molar-refractivity contribution >= 4 is 20.6 Å². The molecule has 2 rings (SSSR count). The van der Waals surface area contributed by atoms with Gasteiger partial charge in [0.25, 0.3) is 0 Å². The Morgan fingerprint density at radius 1 is 0.833 bits per heavy atom. The quantitative estimate of drug-likeness (QED) is 0.250. The number of quaternary nitrogens is 2. The molecule has 7 heteroatoms. The Labute approximate surface area is 192 Å². The fraction of sp³-hybridized carbons (Fsp3) is 1.00. The van der Waals surface area contributed by atoms with E-state index in [0.29, 0.717) is 0 Å². The van der Waals surface area contributed by atoms with E-state index in [0.717, 1.165) is 36.1 Å². The van der Waals surface area contributed by atoms with Crippen molar-refractivity contribution in [3.63, 3.8) is 0 Å². The third kappa shape index (κ3) is 7.75. The molecule has 4 unspecified atom stereocenters. The van der Waals surface area contributed by atoms with Crippen LogP contribution in [0.15, 0.2) is 0 Å². The van der Waals surface area contributed by atoms with E-state index in [1.165, 1.54) is 65.9 Å². The molecule has 0 aromatic rings. The first-order valence-corrected chi connectivity index (χ1v) is 15.0. The van der Waals surface area contributed by atoms with Crippen molar-refractivity contribution in [1.29, 1.82) is 0 Å². The van der Waals surface area contributed by atoms with E-state index >= 15 is 0 Å². The first kappa shape index (κ1) is 26.6. The van der Waals surface area contributed by atoms with E-state index in [2.05, 4.69) is 46.9 Å². The molecule has 2 fully saturated rings. The van der Waals surface area contributed by atoms with E-state index in [-0.39, 0.29) is 0 Å². The van der Waals surface area contributed by atoms with Gasteiger partial charge in [0.2, 0.25) is 0 Å².